The second-order valence-corrected chi connectivity index (χ2v) is 10.2. The molecule has 1 aromatic carbocycles. The van der Waals surface area contributed by atoms with Gasteiger partial charge in [0.25, 0.3) is 0 Å². The number of nitrogens with one attached hydrogen (secondary N) is 2. The van der Waals surface area contributed by atoms with Crippen molar-refractivity contribution < 1.29 is 9.53 Å². The molecule has 8 nitrogen and oxygen atoms in total. The van der Waals surface area contributed by atoms with Gasteiger partial charge >= 0.3 is 0 Å². The highest BCUT2D eigenvalue weighted by Gasteiger charge is 2.42. The summed E-state index contributed by atoms with van der Waals surface area (Å²) in [7, 11) is 1.47. The monoisotopic (exact) mass is 560 g/mol. The second kappa shape index (κ2) is 11.5. The number of aryl methyl sites for hydroxylation is 1. The number of benzene rings is 1. The summed E-state index contributed by atoms with van der Waals surface area (Å²) in [6, 6.07) is 17.3. The number of thiocarbonyl (C=S) groups is 1. The molecule has 39 heavy (non-hydrogen) atoms. The summed E-state index contributed by atoms with van der Waals surface area (Å²) >= 11 is 12.5. The number of ether oxygens (including phenoxy) is 1. The van der Waals surface area contributed by atoms with Crippen LogP contribution < -0.4 is 15.5 Å². The quantitative estimate of drug-likeness (QED) is 0.281. The van der Waals surface area contributed by atoms with Crippen LogP contribution in [0.15, 0.2) is 73.2 Å². The zero-order valence-electron chi connectivity index (χ0n) is 21.9. The van der Waals surface area contributed by atoms with Crippen LogP contribution in [-0.2, 0) is 16.1 Å². The topological polar surface area (TPSA) is 84.3 Å². The lowest BCUT2D eigenvalue weighted by molar-refractivity contribution is -0.119. The molecule has 4 heterocycles. The summed E-state index contributed by atoms with van der Waals surface area (Å²) in [6.45, 7) is 4.91. The normalized spacial score (nSPS) is 16.8. The van der Waals surface area contributed by atoms with Gasteiger partial charge < -0.3 is 24.8 Å². The van der Waals surface area contributed by atoms with Gasteiger partial charge in [-0.2, -0.15) is 0 Å². The number of amides is 1. The van der Waals surface area contributed by atoms with Gasteiger partial charge in [0.1, 0.15) is 6.61 Å². The molecule has 3 aromatic heterocycles. The third kappa shape index (κ3) is 5.52. The number of nitrogens with zero attached hydrogens (tertiary/aromatic N) is 4. The van der Waals surface area contributed by atoms with Crippen LogP contribution in [-0.4, -0.2) is 39.3 Å². The molecule has 1 amide bonds. The summed E-state index contributed by atoms with van der Waals surface area (Å²) in [5, 5.41) is 7.26. The van der Waals surface area contributed by atoms with E-state index in [-0.39, 0.29) is 24.6 Å². The highest BCUT2D eigenvalue weighted by Crippen LogP contribution is 2.44. The fraction of sp³-hybridized carbons (Fsp3) is 0.241. The lowest BCUT2D eigenvalue weighted by Crippen LogP contribution is -2.29. The Labute approximate surface area is 238 Å². The lowest BCUT2D eigenvalue weighted by atomic mass is 9.96. The van der Waals surface area contributed by atoms with Gasteiger partial charge in [-0.05, 0) is 79.7 Å². The van der Waals surface area contributed by atoms with Crippen LogP contribution in [0.5, 0.6) is 0 Å². The van der Waals surface area contributed by atoms with Crippen molar-refractivity contribution in [2.75, 3.05) is 23.9 Å². The summed E-state index contributed by atoms with van der Waals surface area (Å²) in [6.07, 6.45) is 5.47. The van der Waals surface area contributed by atoms with Gasteiger partial charge in [-0.25, -0.2) is 0 Å². The van der Waals surface area contributed by atoms with E-state index in [4.69, 9.17) is 28.6 Å². The average Bonchev–Trinajstić information content (AvgIpc) is 3.42. The number of anilines is 2. The number of rotatable bonds is 8. The number of methoxy groups -OCH3 is 1. The van der Waals surface area contributed by atoms with Gasteiger partial charge in [0.2, 0.25) is 5.91 Å². The molecule has 0 aliphatic carbocycles. The SMILES string of the molecule is COCC(=O)Nc1ccc(N2C(=S)NC(c3ccccn3)C2c2cc(C)n(Cc3cccnc3)c2C)cc1Cl. The van der Waals surface area contributed by atoms with Crippen molar-refractivity contribution in [1.82, 2.24) is 19.9 Å². The molecule has 10 heteroatoms. The molecule has 1 aliphatic rings. The predicted octanol–water partition coefficient (Wildman–Crippen LogP) is 5.36. The minimum Gasteiger partial charge on any atom is -0.375 e. The van der Waals surface area contributed by atoms with E-state index in [2.05, 4.69) is 56.0 Å². The van der Waals surface area contributed by atoms with Gasteiger partial charge in [-0.3, -0.25) is 14.8 Å². The number of hydrogen-bond donors (Lipinski definition) is 2. The Hall–Kier alpha value is -3.79. The van der Waals surface area contributed by atoms with E-state index in [9.17, 15) is 4.79 Å². The van der Waals surface area contributed by atoms with Crippen LogP contribution in [0.2, 0.25) is 5.02 Å². The molecule has 2 unspecified atom stereocenters. The average molecular weight is 561 g/mol. The van der Waals surface area contributed by atoms with E-state index in [0.29, 0.717) is 22.4 Å². The van der Waals surface area contributed by atoms with Gasteiger partial charge in [0, 0.05) is 49.3 Å². The number of hydrogen-bond acceptors (Lipinski definition) is 5. The molecule has 1 aliphatic heterocycles. The molecular weight excluding hydrogens is 532 g/mol. The van der Waals surface area contributed by atoms with Gasteiger partial charge in [0.05, 0.1) is 28.5 Å². The number of aromatic nitrogens is 3. The Kier molecular flexibility index (Phi) is 7.92. The van der Waals surface area contributed by atoms with E-state index in [1.807, 2.05) is 42.6 Å². The molecule has 1 saturated heterocycles. The van der Waals surface area contributed by atoms with Crippen LogP contribution in [0.1, 0.15) is 40.3 Å². The third-order valence-corrected chi connectivity index (χ3v) is 7.50. The van der Waals surface area contributed by atoms with Crippen LogP contribution in [0.3, 0.4) is 0 Å². The maximum absolute atomic E-state index is 12.0. The van der Waals surface area contributed by atoms with Crippen molar-refractivity contribution in [2.24, 2.45) is 0 Å². The van der Waals surface area contributed by atoms with Crippen LogP contribution in [0, 0.1) is 13.8 Å². The van der Waals surface area contributed by atoms with Crippen LogP contribution >= 0.6 is 23.8 Å². The summed E-state index contributed by atoms with van der Waals surface area (Å²) in [5.74, 6) is -0.278. The van der Waals surface area contributed by atoms with Gasteiger partial charge in [-0.1, -0.05) is 23.7 Å². The smallest absolute Gasteiger partial charge is 0.250 e. The minimum absolute atomic E-state index is 0.0549. The molecule has 0 saturated carbocycles. The van der Waals surface area contributed by atoms with Crippen molar-refractivity contribution in [1.29, 1.82) is 0 Å². The number of halogens is 1. The van der Waals surface area contributed by atoms with Crippen molar-refractivity contribution in [3.8, 4) is 0 Å². The molecule has 5 rings (SSSR count). The highest BCUT2D eigenvalue weighted by atomic mass is 35.5. The molecule has 2 atom stereocenters. The van der Waals surface area contributed by atoms with E-state index in [0.717, 1.165) is 33.9 Å². The molecule has 0 spiro atoms. The molecule has 2 N–H and O–H groups in total. The summed E-state index contributed by atoms with van der Waals surface area (Å²) in [4.78, 5) is 23.1. The first-order valence-electron chi connectivity index (χ1n) is 12.5. The van der Waals surface area contributed by atoms with Crippen molar-refractivity contribution >= 4 is 46.2 Å². The largest absolute Gasteiger partial charge is 0.375 e. The first kappa shape index (κ1) is 26.8. The molecule has 0 radical (unpaired) electrons. The second-order valence-electron chi connectivity index (χ2n) is 9.42. The summed E-state index contributed by atoms with van der Waals surface area (Å²) < 4.78 is 7.21. The van der Waals surface area contributed by atoms with Crippen LogP contribution in [0.25, 0.3) is 0 Å². The summed E-state index contributed by atoms with van der Waals surface area (Å²) in [5.41, 5.74) is 6.73. The Morgan fingerprint density at radius 3 is 2.69 bits per heavy atom. The van der Waals surface area contributed by atoms with E-state index in [1.165, 1.54) is 7.11 Å². The van der Waals surface area contributed by atoms with E-state index in [1.54, 1.807) is 18.5 Å². The van der Waals surface area contributed by atoms with Crippen LogP contribution in [0.4, 0.5) is 11.4 Å². The van der Waals surface area contributed by atoms with E-state index < -0.39 is 0 Å². The number of pyridine rings is 2. The first-order valence-corrected chi connectivity index (χ1v) is 13.3. The maximum Gasteiger partial charge on any atom is 0.250 e. The molecular formula is C29H29ClN6O2S. The molecule has 0 bridgehead atoms. The molecule has 1 fully saturated rings. The Balaban J connectivity index is 1.56. The molecule has 4 aromatic rings. The van der Waals surface area contributed by atoms with E-state index >= 15 is 0 Å². The van der Waals surface area contributed by atoms with Gasteiger partial charge in [0.15, 0.2) is 5.11 Å². The zero-order valence-corrected chi connectivity index (χ0v) is 23.5. The first-order chi connectivity index (χ1) is 18.9. The minimum atomic E-state index is -0.278. The molecule has 200 valence electrons. The standard InChI is InChI=1S/C29H29ClN6O2S/c1-18-13-22(19(2)35(18)16-20-7-6-11-31-15-20)28-27(25-8-4-5-12-32-25)34-29(39)36(28)21-9-10-24(23(30)14-21)33-26(37)17-38-3/h4-15,27-28H,16-17H2,1-3H3,(H,33,37)(H,34,39). The van der Waals surface area contributed by atoms with Gasteiger partial charge in [-0.15, -0.1) is 0 Å². The third-order valence-electron chi connectivity index (χ3n) is 6.87. The number of carbonyl (C=O) groups is 1. The fourth-order valence-electron chi connectivity index (χ4n) is 5.07. The maximum atomic E-state index is 12.0. The predicted molar refractivity (Wildman–Crippen MR) is 157 cm³/mol. The Morgan fingerprint density at radius 1 is 1.15 bits per heavy atom. The van der Waals surface area contributed by atoms with Crippen molar-refractivity contribution in [2.45, 2.75) is 32.5 Å². The fourth-order valence-corrected chi connectivity index (χ4v) is 5.63. The zero-order chi connectivity index (χ0) is 27.5. The Bertz CT molecular complexity index is 1490. The lowest BCUT2D eigenvalue weighted by Gasteiger charge is -2.28. The van der Waals surface area contributed by atoms with Crippen molar-refractivity contribution in [3.63, 3.8) is 0 Å². The number of carbonyl (C=O) groups excluding carboxylic acids is 1. The Morgan fingerprint density at radius 2 is 2.00 bits per heavy atom. The van der Waals surface area contributed by atoms with Crippen molar-refractivity contribution in [3.05, 3.63) is 106 Å². The highest BCUT2D eigenvalue weighted by molar-refractivity contribution is 7.80.